The Morgan fingerprint density at radius 1 is 1.55 bits per heavy atom. The minimum absolute atomic E-state index is 0.173. The van der Waals surface area contributed by atoms with Gasteiger partial charge in [0.2, 0.25) is 0 Å². The molecule has 0 aromatic carbocycles. The molecule has 2 heterocycles. The minimum atomic E-state index is -0.173. The molecule has 2 rings (SSSR count). The van der Waals surface area contributed by atoms with Crippen molar-refractivity contribution in [2.45, 2.75) is 37.5 Å². The van der Waals surface area contributed by atoms with Crippen molar-refractivity contribution in [3.8, 4) is 0 Å². The molecule has 0 aromatic heterocycles. The third kappa shape index (κ3) is 0.993. The molecule has 0 spiro atoms. The van der Waals surface area contributed by atoms with E-state index >= 15 is 0 Å². The maximum absolute atomic E-state index is 10.3. The van der Waals surface area contributed by atoms with Crippen LogP contribution in [0.2, 0.25) is 0 Å². The summed E-state index contributed by atoms with van der Waals surface area (Å²) in [4.78, 5) is 12.4. The smallest absolute Gasteiger partial charge is 0.134 e. The van der Waals surface area contributed by atoms with Crippen LogP contribution in [0.5, 0.6) is 0 Å². The molecule has 3 heteroatoms. The number of aliphatic hydroxyl groups is 1. The van der Waals surface area contributed by atoms with E-state index in [1.54, 1.807) is 0 Å². The molecule has 2 bridgehead atoms. The van der Waals surface area contributed by atoms with Crippen molar-refractivity contribution >= 4 is 6.29 Å². The third-order valence-corrected chi connectivity index (χ3v) is 2.93. The standard InChI is InChI=1S/C8H13NO2/c10-4-3-9-6-1-2-7(9)8(11)5-6/h4,6-8,11H,1-3,5H2/t6-,7+,8+/m0/s1. The van der Waals surface area contributed by atoms with Crippen LogP contribution in [0.15, 0.2) is 0 Å². The monoisotopic (exact) mass is 155 g/mol. The lowest BCUT2D eigenvalue weighted by molar-refractivity contribution is -0.109. The van der Waals surface area contributed by atoms with E-state index in [1.165, 1.54) is 0 Å². The van der Waals surface area contributed by atoms with Gasteiger partial charge in [-0.25, -0.2) is 0 Å². The van der Waals surface area contributed by atoms with Gasteiger partial charge < -0.3 is 9.90 Å². The molecule has 2 fully saturated rings. The van der Waals surface area contributed by atoms with E-state index in [-0.39, 0.29) is 12.1 Å². The second-order valence-electron chi connectivity index (χ2n) is 3.47. The van der Waals surface area contributed by atoms with Gasteiger partial charge in [-0.2, -0.15) is 0 Å². The number of rotatable bonds is 2. The van der Waals surface area contributed by atoms with Crippen LogP contribution in [-0.2, 0) is 4.79 Å². The van der Waals surface area contributed by atoms with Crippen LogP contribution < -0.4 is 0 Å². The van der Waals surface area contributed by atoms with Crippen molar-refractivity contribution in [3.05, 3.63) is 0 Å². The molecular formula is C8H13NO2. The average molecular weight is 155 g/mol. The van der Waals surface area contributed by atoms with Gasteiger partial charge in [-0.3, -0.25) is 4.90 Å². The van der Waals surface area contributed by atoms with Crippen LogP contribution in [0, 0.1) is 0 Å². The molecule has 2 aliphatic heterocycles. The van der Waals surface area contributed by atoms with Crippen LogP contribution >= 0.6 is 0 Å². The van der Waals surface area contributed by atoms with E-state index in [9.17, 15) is 9.90 Å². The van der Waals surface area contributed by atoms with Crippen LogP contribution in [0.1, 0.15) is 19.3 Å². The van der Waals surface area contributed by atoms with Gasteiger partial charge in [0.1, 0.15) is 6.29 Å². The molecule has 1 N–H and O–H groups in total. The van der Waals surface area contributed by atoms with E-state index in [4.69, 9.17) is 0 Å². The fourth-order valence-electron chi connectivity index (χ4n) is 2.44. The largest absolute Gasteiger partial charge is 0.391 e. The van der Waals surface area contributed by atoms with E-state index in [0.29, 0.717) is 12.6 Å². The van der Waals surface area contributed by atoms with Gasteiger partial charge >= 0.3 is 0 Å². The third-order valence-electron chi connectivity index (χ3n) is 2.93. The van der Waals surface area contributed by atoms with Gasteiger partial charge in [0.05, 0.1) is 12.6 Å². The summed E-state index contributed by atoms with van der Waals surface area (Å²) in [6.45, 7) is 0.506. The lowest BCUT2D eigenvalue weighted by Gasteiger charge is -2.18. The highest BCUT2D eigenvalue weighted by molar-refractivity contribution is 5.52. The highest BCUT2D eigenvalue weighted by atomic mass is 16.3. The van der Waals surface area contributed by atoms with Crippen molar-refractivity contribution < 1.29 is 9.90 Å². The van der Waals surface area contributed by atoms with Gasteiger partial charge in [-0.05, 0) is 19.3 Å². The fourth-order valence-corrected chi connectivity index (χ4v) is 2.44. The minimum Gasteiger partial charge on any atom is -0.391 e. The molecule has 3 nitrogen and oxygen atoms in total. The van der Waals surface area contributed by atoms with Crippen LogP contribution in [-0.4, -0.2) is 41.0 Å². The molecule has 3 atom stereocenters. The van der Waals surface area contributed by atoms with Crippen LogP contribution in [0.4, 0.5) is 0 Å². The van der Waals surface area contributed by atoms with Gasteiger partial charge in [-0.15, -0.1) is 0 Å². The first-order valence-corrected chi connectivity index (χ1v) is 4.20. The number of fused-ring (bicyclic) bond motifs is 2. The summed E-state index contributed by atoms with van der Waals surface area (Å²) >= 11 is 0. The predicted octanol–water partition coefficient (Wildman–Crippen LogP) is -0.217. The molecule has 0 unspecified atom stereocenters. The fraction of sp³-hybridized carbons (Fsp3) is 0.875. The Kier molecular flexibility index (Phi) is 1.69. The zero-order valence-corrected chi connectivity index (χ0v) is 6.44. The number of aldehydes is 1. The second kappa shape index (κ2) is 2.57. The summed E-state index contributed by atoms with van der Waals surface area (Å²) < 4.78 is 0. The van der Waals surface area contributed by atoms with Gasteiger partial charge in [0.25, 0.3) is 0 Å². The molecule has 2 saturated heterocycles. The lowest BCUT2D eigenvalue weighted by atomic mass is 9.98. The highest BCUT2D eigenvalue weighted by Gasteiger charge is 2.44. The Bertz CT molecular complexity index is 171. The van der Waals surface area contributed by atoms with Crippen molar-refractivity contribution in [2.75, 3.05) is 6.54 Å². The SMILES string of the molecule is O=CCN1[C@H]2CC[C@@H]1[C@H](O)C2. The average Bonchev–Trinajstić information content (AvgIpc) is 2.46. The Balaban J connectivity index is 2.06. The number of hydrogen-bond donors (Lipinski definition) is 1. The quantitative estimate of drug-likeness (QED) is 0.561. The Labute approximate surface area is 66.0 Å². The van der Waals surface area contributed by atoms with Crippen LogP contribution in [0.3, 0.4) is 0 Å². The molecule has 0 radical (unpaired) electrons. The van der Waals surface area contributed by atoms with Gasteiger partial charge in [-0.1, -0.05) is 0 Å². The van der Waals surface area contributed by atoms with Gasteiger partial charge in [0, 0.05) is 12.1 Å². The lowest BCUT2D eigenvalue weighted by Crippen LogP contribution is -2.33. The van der Waals surface area contributed by atoms with Crippen molar-refractivity contribution in [3.63, 3.8) is 0 Å². The summed E-state index contributed by atoms with van der Waals surface area (Å²) in [5.41, 5.74) is 0. The van der Waals surface area contributed by atoms with Gasteiger partial charge in [0.15, 0.2) is 0 Å². The molecule has 11 heavy (non-hydrogen) atoms. The number of hydrogen-bond acceptors (Lipinski definition) is 3. The van der Waals surface area contributed by atoms with Crippen molar-refractivity contribution in [2.24, 2.45) is 0 Å². The van der Waals surface area contributed by atoms with E-state index in [2.05, 4.69) is 4.90 Å². The molecule has 62 valence electrons. The van der Waals surface area contributed by atoms with Crippen molar-refractivity contribution in [1.82, 2.24) is 4.90 Å². The normalized spacial score (nSPS) is 43.2. The maximum atomic E-state index is 10.3. The Hall–Kier alpha value is -0.410. The van der Waals surface area contributed by atoms with Crippen LogP contribution in [0.25, 0.3) is 0 Å². The number of carbonyl (C=O) groups excluding carboxylic acids is 1. The Morgan fingerprint density at radius 2 is 2.36 bits per heavy atom. The first kappa shape index (κ1) is 7.25. The molecular weight excluding hydrogens is 142 g/mol. The zero-order chi connectivity index (χ0) is 7.84. The summed E-state index contributed by atoms with van der Waals surface area (Å²) in [7, 11) is 0. The van der Waals surface area contributed by atoms with E-state index in [0.717, 1.165) is 25.5 Å². The van der Waals surface area contributed by atoms with Crippen molar-refractivity contribution in [1.29, 1.82) is 0 Å². The summed E-state index contributed by atoms with van der Waals surface area (Å²) in [5.74, 6) is 0. The summed E-state index contributed by atoms with van der Waals surface area (Å²) in [6.07, 6.45) is 3.87. The maximum Gasteiger partial charge on any atom is 0.134 e. The summed E-state index contributed by atoms with van der Waals surface area (Å²) in [6, 6.07) is 0.769. The predicted molar refractivity (Wildman–Crippen MR) is 40.2 cm³/mol. The summed E-state index contributed by atoms with van der Waals surface area (Å²) in [5, 5.41) is 9.46. The first-order chi connectivity index (χ1) is 5.33. The first-order valence-electron chi connectivity index (χ1n) is 4.20. The molecule has 0 saturated carbocycles. The topological polar surface area (TPSA) is 40.5 Å². The second-order valence-corrected chi connectivity index (χ2v) is 3.47. The van der Waals surface area contributed by atoms with E-state index in [1.807, 2.05) is 0 Å². The number of aliphatic hydroxyl groups excluding tert-OH is 1. The van der Waals surface area contributed by atoms with E-state index < -0.39 is 0 Å². The Morgan fingerprint density at radius 3 is 2.82 bits per heavy atom. The molecule has 0 amide bonds. The number of carbonyl (C=O) groups is 1. The zero-order valence-electron chi connectivity index (χ0n) is 6.44. The molecule has 0 aromatic rings. The number of nitrogens with zero attached hydrogens (tertiary/aromatic N) is 1. The molecule has 2 aliphatic rings. The molecule has 0 aliphatic carbocycles. The highest BCUT2D eigenvalue weighted by Crippen LogP contribution is 2.36.